The Kier molecular flexibility index (Phi) is 180. The van der Waals surface area contributed by atoms with Gasteiger partial charge in [-0.2, -0.15) is 0 Å². The third-order valence-corrected chi connectivity index (χ3v) is 3.24. The van der Waals surface area contributed by atoms with Crippen molar-refractivity contribution in [2.24, 2.45) is 0 Å². The Bertz CT molecular complexity index is 35.1. The summed E-state index contributed by atoms with van der Waals surface area (Å²) in [7, 11) is 0.424. The van der Waals surface area contributed by atoms with Crippen LogP contribution in [0.4, 0.5) is 0 Å². The molecule has 0 spiro atoms. The molecule has 0 saturated carbocycles. The molecule has 0 bridgehead atoms. The molecule has 0 radical (unpaired) electrons. The summed E-state index contributed by atoms with van der Waals surface area (Å²) in [5, 5.41) is 0. The Morgan fingerprint density at radius 2 is 0.833 bits per heavy atom. The van der Waals surface area contributed by atoms with Crippen molar-refractivity contribution in [1.29, 1.82) is 0 Å². The Labute approximate surface area is 91.6 Å². The van der Waals surface area contributed by atoms with Gasteiger partial charge < -0.3 is 0 Å². The zero-order valence-electron chi connectivity index (χ0n) is 4.86. The van der Waals surface area contributed by atoms with Gasteiger partial charge in [-0.25, -0.2) is 0 Å². The average molecular weight is 187 g/mol. The number of hydrogen-bond acceptors (Lipinski definition) is 0. The quantitative estimate of drug-likeness (QED) is 0.300. The van der Waals surface area contributed by atoms with E-state index in [0.717, 1.165) is 0 Å². The smallest absolute Gasteiger partial charge is 0.0814 e. The molecule has 0 aromatic carbocycles. The molecule has 0 nitrogen and oxygen atoms in total. The van der Waals surface area contributed by atoms with Crippen molar-refractivity contribution in [3.8, 4) is 0 Å². The van der Waals surface area contributed by atoms with Gasteiger partial charge in [-0.1, -0.05) is 13.8 Å². The van der Waals surface area contributed by atoms with E-state index in [2.05, 4.69) is 20.5 Å². The van der Waals surface area contributed by atoms with Gasteiger partial charge in [0.05, 0.1) is 50.5 Å². The van der Waals surface area contributed by atoms with Crippen LogP contribution in [0.5, 0.6) is 0 Å². The van der Waals surface area contributed by atoms with Gasteiger partial charge in [0.1, 0.15) is 0 Å². The molecule has 0 aromatic rings. The molecule has 0 N–H and O–H groups in total. The second-order valence-corrected chi connectivity index (χ2v) is 4.47. The first kappa shape index (κ1) is 52.9. The van der Waals surface area contributed by atoms with Crippen molar-refractivity contribution in [1.82, 2.24) is 0 Å². The molecule has 12 heavy (non-hydrogen) atoms. The van der Waals surface area contributed by atoms with Crippen molar-refractivity contribution in [2.75, 3.05) is 19.0 Å². The third kappa shape index (κ3) is 44.9. The highest BCUT2D eigenvalue weighted by molar-refractivity contribution is 7.56. The van der Waals surface area contributed by atoms with Gasteiger partial charge in [-0.3, -0.25) is 0 Å². The van der Waals surface area contributed by atoms with Crippen LogP contribution in [-0.4, -0.2) is 69.5 Å². The maximum Gasteiger partial charge on any atom is 0.0814 e. The lowest BCUT2D eigenvalue weighted by molar-refractivity contribution is 1.41. The molecule has 0 aromatic heterocycles. The highest BCUT2D eigenvalue weighted by Gasteiger charge is 1.87. The van der Waals surface area contributed by atoms with E-state index in [-0.39, 0.29) is 50.5 Å². The van der Waals surface area contributed by atoms with Crippen molar-refractivity contribution in [3.63, 3.8) is 0 Å². The highest BCUT2D eigenvalue weighted by atomic mass is 31.1. The summed E-state index contributed by atoms with van der Waals surface area (Å²) in [6.07, 6.45) is 2.79. The summed E-state index contributed by atoms with van der Waals surface area (Å²) in [6.45, 7) is 6.86. The van der Waals surface area contributed by atoms with Gasteiger partial charge in [-0.15, -0.1) is 7.92 Å². The summed E-state index contributed by atoms with van der Waals surface area (Å²) in [5.41, 5.74) is 0. The fourth-order valence-corrected chi connectivity index (χ4v) is 0.671. The van der Waals surface area contributed by atoms with Gasteiger partial charge in [0.25, 0.3) is 0 Å². The van der Waals surface area contributed by atoms with Crippen LogP contribution >= 0.6 is 7.92 Å². The van der Waals surface area contributed by atoms with Crippen LogP contribution in [0.3, 0.4) is 0 Å². The van der Waals surface area contributed by atoms with Crippen molar-refractivity contribution < 1.29 is 0 Å². The summed E-state index contributed by atoms with van der Waals surface area (Å²) in [6, 6.07) is 0. The molecule has 0 amide bonds. The van der Waals surface area contributed by atoms with E-state index in [1.807, 2.05) is 0 Å². The maximum absolute atomic E-state index is 2.34. The molecule has 0 atom stereocenters. The summed E-state index contributed by atoms with van der Waals surface area (Å²) in [5.74, 6) is 0. The molecule has 0 heterocycles. The monoisotopic (exact) mass is 188 g/mol. The minimum atomic E-state index is 0. The predicted octanol–water partition coefficient (Wildman–Crippen LogP) is -4.97. The number of hydrogen-bond donors (Lipinski definition) is 0. The summed E-state index contributed by atoms with van der Waals surface area (Å²) in [4.78, 5) is 0. The Hall–Kier alpha value is 0.820. The molecule has 0 unspecified atom stereocenters. The summed E-state index contributed by atoms with van der Waals surface area (Å²) >= 11 is 0. The maximum atomic E-state index is 2.34. The first-order valence-corrected chi connectivity index (χ1v) is 4.65. The van der Waals surface area contributed by atoms with Crippen LogP contribution in [0.15, 0.2) is 0 Å². The fraction of sp³-hybridized carbons (Fsp3) is 1.00. The zero-order chi connectivity index (χ0) is 4.99. The lowest BCUT2D eigenvalue weighted by Gasteiger charge is -2.00. The van der Waals surface area contributed by atoms with Crippen molar-refractivity contribution in [3.05, 3.63) is 0 Å². The zero-order valence-corrected chi connectivity index (χ0v) is 5.76. The average Bonchev–Trinajstić information content (AvgIpc) is 1.65. The molecule has 7 heteroatoms. The van der Waals surface area contributed by atoms with Crippen LogP contribution in [0.2, 0.25) is 0 Å². The lowest BCUT2D eigenvalue weighted by atomic mass is 10.8. The summed E-state index contributed by atoms with van der Waals surface area (Å²) < 4.78 is 0. The van der Waals surface area contributed by atoms with E-state index >= 15 is 0 Å². The normalized spacial score (nSPS) is 5.00. The molecular weight excluding hydrogens is 156 g/mol. The van der Waals surface area contributed by atoms with Crippen LogP contribution in [0.1, 0.15) is 13.8 Å². The van der Waals surface area contributed by atoms with E-state index in [1.54, 1.807) is 0 Å². The van der Waals surface area contributed by atoms with E-state index in [0.29, 0.717) is 7.92 Å². The molecule has 0 aliphatic heterocycles. The van der Waals surface area contributed by atoms with Gasteiger partial charge in [0.15, 0.2) is 0 Å². The Morgan fingerprint density at radius 3 is 0.833 bits per heavy atom. The van der Waals surface area contributed by atoms with E-state index < -0.39 is 0 Å². The van der Waals surface area contributed by atoms with Crippen LogP contribution in [0, 0.1) is 0 Å². The number of rotatable bonds is 2. The van der Waals surface area contributed by atoms with E-state index in [1.165, 1.54) is 12.3 Å². The topological polar surface area (TPSA) is 0 Å². The molecule has 0 aliphatic carbocycles. The van der Waals surface area contributed by atoms with Crippen LogP contribution < -0.4 is 0 Å². The third-order valence-electron chi connectivity index (χ3n) is 1.08. The Balaban J connectivity index is -0.00000000833. The molecule has 74 valence electrons. The molecule has 0 rings (SSSR count). The standard InChI is InChI=1S/C5H13P.6BH3/c1-4-6(3)5-2;;;;;;/h4-5H2,1-3H3;6*1H3. The first-order chi connectivity index (χ1) is 2.81. The van der Waals surface area contributed by atoms with Gasteiger partial charge in [0.2, 0.25) is 0 Å². The van der Waals surface area contributed by atoms with Gasteiger partial charge in [0, 0.05) is 0 Å². The molecule has 0 saturated heterocycles. The van der Waals surface area contributed by atoms with Crippen molar-refractivity contribution in [2.45, 2.75) is 13.8 Å². The van der Waals surface area contributed by atoms with Gasteiger partial charge in [-0.05, 0) is 19.0 Å². The second kappa shape index (κ2) is 40.9. The largest absolute Gasteiger partial charge is 0.110 e. The van der Waals surface area contributed by atoms with E-state index in [9.17, 15) is 0 Å². The van der Waals surface area contributed by atoms with Crippen LogP contribution in [-0.2, 0) is 0 Å². The molecule has 0 aliphatic rings. The molecular formula is C5H31B6P. The molecule has 0 fully saturated rings. The lowest BCUT2D eigenvalue weighted by Crippen LogP contribution is -1.75. The predicted molar refractivity (Wildman–Crippen MR) is 93.6 cm³/mol. The Morgan fingerprint density at radius 1 is 0.667 bits per heavy atom. The highest BCUT2D eigenvalue weighted by Crippen LogP contribution is 2.27. The minimum absolute atomic E-state index is 0. The minimum Gasteiger partial charge on any atom is -0.110 e. The van der Waals surface area contributed by atoms with Gasteiger partial charge >= 0.3 is 0 Å². The fourth-order valence-electron chi connectivity index (χ4n) is 0.224. The van der Waals surface area contributed by atoms with Crippen molar-refractivity contribution >= 4 is 58.4 Å². The SMILES string of the molecule is B.B.B.B.B.B.CCP(C)CC. The first-order valence-electron chi connectivity index (χ1n) is 2.49. The van der Waals surface area contributed by atoms with E-state index in [4.69, 9.17) is 0 Å². The second-order valence-electron chi connectivity index (χ2n) is 1.49. The van der Waals surface area contributed by atoms with Crippen LogP contribution in [0.25, 0.3) is 0 Å².